The number of halogens is 1. The summed E-state index contributed by atoms with van der Waals surface area (Å²) in [4.78, 5) is 19.8. The first-order valence-corrected chi connectivity index (χ1v) is 6.60. The maximum atomic E-state index is 11.8. The number of H-pyrrole nitrogens is 1. The lowest BCUT2D eigenvalue weighted by molar-refractivity contribution is 0.262. The molecule has 0 saturated heterocycles. The van der Waals surface area contributed by atoms with Crippen LogP contribution < -0.4 is 10.6 Å². The minimum atomic E-state index is -0.361. The molecule has 7 nitrogen and oxygen atoms in total. The Morgan fingerprint density at radius 2 is 2.11 bits per heavy atom. The van der Waals surface area contributed by atoms with E-state index >= 15 is 0 Å². The first-order chi connectivity index (χ1) is 9.22. The number of rotatable bonds is 3. The summed E-state index contributed by atoms with van der Waals surface area (Å²) in [5.74, 6) is 0.877. The monoisotopic (exact) mass is 322 g/mol. The van der Waals surface area contributed by atoms with Gasteiger partial charge in [0.25, 0.3) is 0 Å². The van der Waals surface area contributed by atoms with Crippen LogP contribution in [0.1, 0.15) is 24.5 Å². The highest BCUT2D eigenvalue weighted by Crippen LogP contribution is 2.42. The van der Waals surface area contributed by atoms with Crippen LogP contribution in [0.2, 0.25) is 0 Å². The van der Waals surface area contributed by atoms with Gasteiger partial charge >= 0.3 is 6.03 Å². The first-order valence-electron chi connectivity index (χ1n) is 5.81. The molecular weight excluding hydrogens is 312 g/mol. The van der Waals surface area contributed by atoms with Crippen molar-refractivity contribution in [3.63, 3.8) is 0 Å². The van der Waals surface area contributed by atoms with Crippen molar-refractivity contribution in [1.29, 1.82) is 0 Å². The van der Waals surface area contributed by atoms with E-state index in [9.17, 15) is 4.79 Å². The summed E-state index contributed by atoms with van der Waals surface area (Å²) < 4.78 is 0.615. The third-order valence-corrected chi connectivity index (χ3v) is 3.17. The van der Waals surface area contributed by atoms with E-state index in [2.05, 4.69) is 46.7 Å². The molecule has 3 rings (SSSR count). The summed E-state index contributed by atoms with van der Waals surface area (Å²) >= 11 is 3.18. The molecule has 0 aliphatic heterocycles. The van der Waals surface area contributed by atoms with Gasteiger partial charge in [0, 0.05) is 5.92 Å². The van der Waals surface area contributed by atoms with Crippen molar-refractivity contribution >= 4 is 33.5 Å². The molecule has 0 atom stereocenters. The molecule has 0 radical (unpaired) electrons. The number of nitrogens with zero attached hydrogens (tertiary/aromatic N) is 3. The van der Waals surface area contributed by atoms with E-state index in [1.165, 1.54) is 12.4 Å². The Balaban J connectivity index is 1.64. The molecular formula is C11H11BrN6O. The number of hydrogen-bond acceptors (Lipinski definition) is 4. The standard InChI is InChI=1S/C11H11BrN6O/c12-8-4-14-9(5-13-8)17-11(19)16-7-3-15-18-10(7)6-1-2-6/h3-6H,1-2H2,(H,15,18)(H2,14,16,17,19). The molecule has 2 aromatic rings. The second-order valence-corrected chi connectivity index (χ2v) is 5.09. The lowest BCUT2D eigenvalue weighted by Gasteiger charge is -2.06. The first kappa shape index (κ1) is 12.1. The summed E-state index contributed by atoms with van der Waals surface area (Å²) in [6, 6.07) is -0.361. The summed E-state index contributed by atoms with van der Waals surface area (Å²) in [5.41, 5.74) is 1.70. The van der Waals surface area contributed by atoms with Crippen LogP contribution in [0.15, 0.2) is 23.2 Å². The van der Waals surface area contributed by atoms with E-state index in [0.717, 1.165) is 18.5 Å². The van der Waals surface area contributed by atoms with E-state index in [1.807, 2.05) is 0 Å². The van der Waals surface area contributed by atoms with Gasteiger partial charge in [0.1, 0.15) is 4.60 Å². The highest BCUT2D eigenvalue weighted by atomic mass is 79.9. The molecule has 0 aromatic carbocycles. The van der Waals surface area contributed by atoms with Crippen LogP contribution in [0.25, 0.3) is 0 Å². The Hall–Kier alpha value is -1.96. The Labute approximate surface area is 117 Å². The average molecular weight is 323 g/mol. The van der Waals surface area contributed by atoms with Crippen molar-refractivity contribution in [1.82, 2.24) is 20.2 Å². The largest absolute Gasteiger partial charge is 0.324 e. The van der Waals surface area contributed by atoms with Crippen molar-refractivity contribution in [2.75, 3.05) is 10.6 Å². The van der Waals surface area contributed by atoms with Gasteiger partial charge in [-0.15, -0.1) is 0 Å². The molecule has 2 amide bonds. The quantitative estimate of drug-likeness (QED) is 0.808. The Morgan fingerprint density at radius 3 is 2.79 bits per heavy atom. The fraction of sp³-hybridized carbons (Fsp3) is 0.273. The van der Waals surface area contributed by atoms with Crippen molar-refractivity contribution < 1.29 is 4.79 Å². The van der Waals surface area contributed by atoms with Gasteiger partial charge in [-0.25, -0.2) is 14.8 Å². The smallest absolute Gasteiger partial charge is 0.305 e. The van der Waals surface area contributed by atoms with Crippen molar-refractivity contribution in [2.45, 2.75) is 18.8 Å². The summed E-state index contributed by atoms with van der Waals surface area (Å²) in [6.45, 7) is 0. The van der Waals surface area contributed by atoms with E-state index < -0.39 is 0 Å². The SMILES string of the molecule is O=C(Nc1cnc(Br)cn1)Nc1cn[nH]c1C1CC1. The third-order valence-electron chi connectivity index (χ3n) is 2.76. The summed E-state index contributed by atoms with van der Waals surface area (Å²) in [7, 11) is 0. The minimum Gasteiger partial charge on any atom is -0.305 e. The predicted octanol–water partition coefficient (Wildman–Crippen LogP) is 2.48. The zero-order valence-corrected chi connectivity index (χ0v) is 11.4. The number of anilines is 2. The van der Waals surface area contributed by atoms with Gasteiger partial charge in [-0.05, 0) is 28.8 Å². The van der Waals surface area contributed by atoms with Crippen LogP contribution in [-0.4, -0.2) is 26.2 Å². The van der Waals surface area contributed by atoms with Crippen molar-refractivity contribution in [3.8, 4) is 0 Å². The zero-order chi connectivity index (χ0) is 13.2. The molecule has 1 fully saturated rings. The Bertz CT molecular complexity index is 591. The van der Waals surface area contributed by atoms with Gasteiger partial charge in [-0.3, -0.25) is 10.4 Å². The van der Waals surface area contributed by atoms with E-state index in [1.54, 1.807) is 6.20 Å². The summed E-state index contributed by atoms with van der Waals surface area (Å²) in [5, 5.41) is 12.2. The van der Waals surface area contributed by atoms with Gasteiger partial charge in [0.2, 0.25) is 0 Å². The molecule has 3 N–H and O–H groups in total. The van der Waals surface area contributed by atoms with Crippen LogP contribution in [0.3, 0.4) is 0 Å². The third kappa shape index (κ3) is 2.90. The van der Waals surface area contributed by atoms with Gasteiger partial charge in [-0.2, -0.15) is 5.10 Å². The number of carbonyl (C=O) groups excluding carboxylic acids is 1. The van der Waals surface area contributed by atoms with Crippen molar-refractivity contribution in [3.05, 3.63) is 28.9 Å². The molecule has 98 valence electrons. The van der Waals surface area contributed by atoms with Gasteiger partial charge in [-0.1, -0.05) is 0 Å². The lowest BCUT2D eigenvalue weighted by Crippen LogP contribution is -2.20. The number of amides is 2. The minimum absolute atomic E-state index is 0.361. The molecule has 0 spiro atoms. The van der Waals surface area contributed by atoms with Crippen LogP contribution >= 0.6 is 15.9 Å². The molecule has 0 bridgehead atoms. The van der Waals surface area contributed by atoms with Crippen molar-refractivity contribution in [2.24, 2.45) is 0 Å². The number of hydrogen-bond donors (Lipinski definition) is 3. The summed E-state index contributed by atoms with van der Waals surface area (Å²) in [6.07, 6.45) is 6.87. The molecule has 1 saturated carbocycles. The molecule has 2 aromatic heterocycles. The molecule has 19 heavy (non-hydrogen) atoms. The normalized spacial score (nSPS) is 14.2. The van der Waals surface area contributed by atoms with Gasteiger partial charge < -0.3 is 5.32 Å². The molecule has 2 heterocycles. The molecule has 0 unspecified atom stereocenters. The van der Waals surface area contributed by atoms with Gasteiger partial charge in [0.05, 0.1) is 30.0 Å². The van der Waals surface area contributed by atoms with E-state index in [4.69, 9.17) is 0 Å². The zero-order valence-electron chi connectivity index (χ0n) is 9.85. The van der Waals surface area contributed by atoms with Crippen LogP contribution in [0.4, 0.5) is 16.3 Å². The van der Waals surface area contributed by atoms with Crippen LogP contribution in [0, 0.1) is 0 Å². The van der Waals surface area contributed by atoms with Crippen LogP contribution in [-0.2, 0) is 0 Å². The fourth-order valence-corrected chi connectivity index (χ4v) is 1.93. The topological polar surface area (TPSA) is 95.6 Å². The Kier molecular flexibility index (Phi) is 3.16. The number of urea groups is 1. The predicted molar refractivity (Wildman–Crippen MR) is 72.9 cm³/mol. The highest BCUT2D eigenvalue weighted by molar-refractivity contribution is 9.10. The molecule has 8 heteroatoms. The van der Waals surface area contributed by atoms with Gasteiger partial charge in [0.15, 0.2) is 5.82 Å². The number of carbonyl (C=O) groups is 1. The van der Waals surface area contributed by atoms with E-state index in [-0.39, 0.29) is 6.03 Å². The average Bonchev–Trinajstić information content (AvgIpc) is 3.13. The second-order valence-electron chi connectivity index (χ2n) is 4.28. The molecule has 1 aliphatic rings. The number of nitrogens with one attached hydrogen (secondary N) is 3. The molecule has 1 aliphatic carbocycles. The lowest BCUT2D eigenvalue weighted by atomic mass is 10.2. The fourth-order valence-electron chi connectivity index (χ4n) is 1.73. The maximum absolute atomic E-state index is 11.8. The van der Waals surface area contributed by atoms with E-state index in [0.29, 0.717) is 22.0 Å². The number of aromatic amines is 1. The Morgan fingerprint density at radius 1 is 1.26 bits per heavy atom. The highest BCUT2D eigenvalue weighted by Gasteiger charge is 2.28. The van der Waals surface area contributed by atoms with Crippen LogP contribution in [0.5, 0.6) is 0 Å². The second kappa shape index (κ2) is 4.96. The number of aromatic nitrogens is 4. The maximum Gasteiger partial charge on any atom is 0.324 e.